The summed E-state index contributed by atoms with van der Waals surface area (Å²) in [4.78, 5) is 27.6. The van der Waals surface area contributed by atoms with Crippen LogP contribution in [0.15, 0.2) is 79.1 Å². The maximum absolute atomic E-state index is 13.7. The van der Waals surface area contributed by atoms with E-state index < -0.39 is 16.9 Å². The van der Waals surface area contributed by atoms with Crippen LogP contribution in [0.4, 0.5) is 15.8 Å². The third-order valence-corrected chi connectivity index (χ3v) is 9.20. The predicted octanol–water partition coefficient (Wildman–Crippen LogP) is 7.33. The van der Waals surface area contributed by atoms with Crippen molar-refractivity contribution in [3.63, 3.8) is 0 Å². The first-order valence-corrected chi connectivity index (χ1v) is 16.0. The Bertz CT molecular complexity index is 1910. The fourth-order valence-electron chi connectivity index (χ4n) is 6.23. The number of rotatable bonds is 8. The number of anilines is 2. The first kappa shape index (κ1) is 32.0. The van der Waals surface area contributed by atoms with Gasteiger partial charge in [0.2, 0.25) is 0 Å². The Morgan fingerprint density at radius 3 is 2.23 bits per heavy atom. The molecule has 10 heteroatoms. The number of hydrogen-bond donors (Lipinski definition) is 2. The molecule has 0 aliphatic carbocycles. The van der Waals surface area contributed by atoms with Gasteiger partial charge in [0, 0.05) is 42.0 Å². The number of aromatic nitrogens is 4. The Morgan fingerprint density at radius 1 is 0.915 bits per heavy atom. The molecule has 244 valence electrons. The molecule has 2 N–H and O–H groups in total. The lowest BCUT2D eigenvalue weighted by molar-refractivity contribution is -0.142. The lowest BCUT2D eigenvalue weighted by Crippen LogP contribution is -2.35. The van der Waals surface area contributed by atoms with Crippen LogP contribution >= 0.6 is 0 Å². The van der Waals surface area contributed by atoms with Crippen LogP contribution < -0.4 is 10.2 Å². The molecule has 2 aromatic heterocycles. The molecule has 5 aromatic rings. The first-order valence-electron chi connectivity index (χ1n) is 16.0. The molecule has 1 amide bonds. The lowest BCUT2D eigenvalue weighted by atomic mass is 9.84. The highest BCUT2D eigenvalue weighted by atomic mass is 19.1. The summed E-state index contributed by atoms with van der Waals surface area (Å²) >= 11 is 0. The maximum atomic E-state index is 13.7. The number of hydrogen-bond acceptors (Lipinski definition) is 5. The molecular weight excluding hydrogens is 595 g/mol. The van der Waals surface area contributed by atoms with Gasteiger partial charge in [-0.3, -0.25) is 19.0 Å². The minimum Gasteiger partial charge on any atom is -0.481 e. The van der Waals surface area contributed by atoms with Gasteiger partial charge in [-0.05, 0) is 114 Å². The molecule has 9 nitrogen and oxygen atoms in total. The van der Waals surface area contributed by atoms with Gasteiger partial charge in [0.05, 0.1) is 40.1 Å². The quantitative estimate of drug-likeness (QED) is 0.185. The molecule has 0 spiro atoms. The monoisotopic (exact) mass is 636 g/mol. The van der Waals surface area contributed by atoms with Crippen LogP contribution in [-0.4, -0.2) is 49.6 Å². The molecule has 0 saturated carbocycles. The Hall–Kier alpha value is -4.99. The largest absolute Gasteiger partial charge is 0.481 e. The van der Waals surface area contributed by atoms with E-state index >= 15 is 0 Å². The van der Waals surface area contributed by atoms with Crippen molar-refractivity contribution in [1.29, 1.82) is 0 Å². The molecule has 1 aliphatic heterocycles. The maximum Gasteiger partial charge on any atom is 0.313 e. The van der Waals surface area contributed by atoms with Crippen LogP contribution in [0.2, 0.25) is 0 Å². The highest BCUT2D eigenvalue weighted by Gasteiger charge is 2.30. The normalized spacial score (nSPS) is 14.5. The number of nitrogens with one attached hydrogen (secondary N) is 1. The van der Waals surface area contributed by atoms with Crippen LogP contribution in [0.25, 0.3) is 22.2 Å². The van der Waals surface area contributed by atoms with E-state index in [0.717, 1.165) is 54.6 Å². The predicted molar refractivity (Wildman–Crippen MR) is 182 cm³/mol. The topological polar surface area (TPSA) is 105 Å². The van der Waals surface area contributed by atoms with Crippen molar-refractivity contribution in [2.24, 2.45) is 5.92 Å². The van der Waals surface area contributed by atoms with Gasteiger partial charge in [-0.2, -0.15) is 10.2 Å². The van der Waals surface area contributed by atoms with E-state index in [1.807, 2.05) is 74.1 Å². The molecule has 0 radical (unpaired) electrons. The van der Waals surface area contributed by atoms with E-state index in [0.29, 0.717) is 28.4 Å². The molecule has 0 unspecified atom stereocenters. The van der Waals surface area contributed by atoms with E-state index in [4.69, 9.17) is 0 Å². The smallest absolute Gasteiger partial charge is 0.313 e. The first-order chi connectivity index (χ1) is 22.3. The lowest BCUT2D eigenvalue weighted by Gasteiger charge is -2.34. The summed E-state index contributed by atoms with van der Waals surface area (Å²) in [6, 6.07) is 19.8. The van der Waals surface area contributed by atoms with E-state index in [-0.39, 0.29) is 11.7 Å². The number of fused-ring (bicyclic) bond motifs is 1. The van der Waals surface area contributed by atoms with E-state index in [1.54, 1.807) is 36.9 Å². The fraction of sp³-hybridized carbons (Fsp3) is 0.351. The number of piperidine rings is 1. The average molecular weight is 637 g/mol. The zero-order valence-corrected chi connectivity index (χ0v) is 27.5. The molecule has 47 heavy (non-hydrogen) atoms. The third kappa shape index (κ3) is 6.50. The van der Waals surface area contributed by atoms with Crippen LogP contribution in [0, 0.1) is 11.7 Å². The standard InChI is InChI=1S/C37H41FN6O3/c1-36(2,3)44-33(25-6-11-28(38)12-7-25)31(22-40-44)34(45)41-29-13-8-26-21-39-43(32(26)20-29)23-24-16-18-42(19-17-24)30-14-9-27(10-15-30)37(4,5)35(46)47/h6-15,20-22,24H,16-19,23H2,1-5H3,(H,41,45)(H,46,47). The van der Waals surface area contributed by atoms with Crippen molar-refractivity contribution in [1.82, 2.24) is 19.6 Å². The van der Waals surface area contributed by atoms with Gasteiger partial charge in [0.1, 0.15) is 5.82 Å². The number of carboxylic acids is 1. The number of carboxylic acid groups (broad SMARTS) is 1. The zero-order chi connectivity index (χ0) is 33.5. The summed E-state index contributed by atoms with van der Waals surface area (Å²) in [6.07, 6.45) is 5.43. The number of halogens is 1. The summed E-state index contributed by atoms with van der Waals surface area (Å²) in [5, 5.41) is 22.8. The molecule has 1 fully saturated rings. The molecule has 0 bridgehead atoms. The number of carbonyl (C=O) groups excluding carboxylic acids is 1. The Labute approximate surface area is 274 Å². The number of amides is 1. The second kappa shape index (κ2) is 12.3. The number of aliphatic carboxylic acids is 1. The Balaban J connectivity index is 1.14. The van der Waals surface area contributed by atoms with Crippen molar-refractivity contribution >= 4 is 34.2 Å². The minimum absolute atomic E-state index is 0.294. The SMILES string of the molecule is CC(C)(C(=O)O)c1ccc(N2CCC(Cn3ncc4ccc(NC(=O)c5cnn(C(C)(C)C)c5-c5ccc(F)cc5)cc43)CC2)cc1. The summed E-state index contributed by atoms with van der Waals surface area (Å²) in [6.45, 7) is 12.1. The summed E-state index contributed by atoms with van der Waals surface area (Å²) < 4.78 is 17.5. The Morgan fingerprint density at radius 2 is 1.60 bits per heavy atom. The van der Waals surface area contributed by atoms with Crippen molar-refractivity contribution in [3.05, 3.63) is 96.1 Å². The van der Waals surface area contributed by atoms with Gasteiger partial charge in [-0.15, -0.1) is 0 Å². The fourth-order valence-corrected chi connectivity index (χ4v) is 6.23. The summed E-state index contributed by atoms with van der Waals surface area (Å²) in [5.41, 5.74) is 3.93. The Kier molecular flexibility index (Phi) is 8.38. The van der Waals surface area contributed by atoms with Crippen molar-refractivity contribution in [2.75, 3.05) is 23.3 Å². The van der Waals surface area contributed by atoms with Gasteiger partial charge < -0.3 is 15.3 Å². The minimum atomic E-state index is -0.927. The summed E-state index contributed by atoms with van der Waals surface area (Å²) in [7, 11) is 0. The van der Waals surface area contributed by atoms with Crippen molar-refractivity contribution in [3.8, 4) is 11.3 Å². The van der Waals surface area contributed by atoms with Crippen LogP contribution in [0.3, 0.4) is 0 Å². The molecule has 3 aromatic carbocycles. The molecule has 3 heterocycles. The summed E-state index contributed by atoms with van der Waals surface area (Å²) in [5.74, 6) is -1.03. The second-order valence-electron chi connectivity index (χ2n) is 14.0. The van der Waals surface area contributed by atoms with Crippen LogP contribution in [-0.2, 0) is 22.3 Å². The zero-order valence-electron chi connectivity index (χ0n) is 27.5. The highest BCUT2D eigenvalue weighted by Crippen LogP contribution is 2.32. The molecular formula is C37H41FN6O3. The van der Waals surface area contributed by atoms with E-state index in [9.17, 15) is 19.1 Å². The number of benzene rings is 3. The van der Waals surface area contributed by atoms with E-state index in [2.05, 4.69) is 20.4 Å². The average Bonchev–Trinajstić information content (AvgIpc) is 3.67. The highest BCUT2D eigenvalue weighted by molar-refractivity contribution is 6.08. The third-order valence-electron chi connectivity index (χ3n) is 9.20. The van der Waals surface area contributed by atoms with Crippen LogP contribution in [0.5, 0.6) is 0 Å². The van der Waals surface area contributed by atoms with Crippen LogP contribution in [0.1, 0.15) is 63.4 Å². The van der Waals surface area contributed by atoms with Gasteiger partial charge >= 0.3 is 5.97 Å². The van der Waals surface area contributed by atoms with Gasteiger partial charge in [0.15, 0.2) is 0 Å². The molecule has 1 aliphatic rings. The van der Waals surface area contributed by atoms with E-state index in [1.165, 1.54) is 12.1 Å². The second-order valence-corrected chi connectivity index (χ2v) is 14.0. The molecule has 1 saturated heterocycles. The number of carbonyl (C=O) groups is 2. The van der Waals surface area contributed by atoms with Gasteiger partial charge in [-0.25, -0.2) is 4.39 Å². The van der Waals surface area contributed by atoms with Gasteiger partial charge in [0.25, 0.3) is 5.91 Å². The van der Waals surface area contributed by atoms with Gasteiger partial charge in [-0.1, -0.05) is 12.1 Å². The number of nitrogens with zero attached hydrogens (tertiary/aromatic N) is 5. The van der Waals surface area contributed by atoms with Crippen molar-refractivity contribution < 1.29 is 19.1 Å². The molecule has 0 atom stereocenters. The molecule has 6 rings (SSSR count). The van der Waals surface area contributed by atoms with Crippen molar-refractivity contribution in [2.45, 2.75) is 65.0 Å².